The van der Waals surface area contributed by atoms with Crippen LogP contribution < -0.4 is 9.64 Å². The predicted molar refractivity (Wildman–Crippen MR) is 81.1 cm³/mol. The van der Waals surface area contributed by atoms with Crippen molar-refractivity contribution in [3.05, 3.63) is 59.7 Å². The van der Waals surface area contributed by atoms with Crippen LogP contribution in [-0.4, -0.2) is 20.2 Å². The molecule has 2 aromatic rings. The van der Waals surface area contributed by atoms with E-state index in [1.807, 2.05) is 36.2 Å². The average Bonchev–Trinajstić information content (AvgIpc) is 2.55. The quantitative estimate of drug-likeness (QED) is 0.843. The second-order valence-corrected chi connectivity index (χ2v) is 4.51. The standard InChI is InChI=1S/C17H15N3O/c1-20(16-8-4-2-6-14(16)12-18)10-11-21-17-9-5-3-7-15(17)13-19/h2-9H,10-11H2,1H3. The van der Waals surface area contributed by atoms with Crippen LogP contribution in [0.3, 0.4) is 0 Å². The Labute approximate surface area is 124 Å². The number of hydrogen-bond donors (Lipinski definition) is 0. The van der Waals surface area contributed by atoms with Crippen LogP contribution >= 0.6 is 0 Å². The molecule has 0 fully saturated rings. The van der Waals surface area contributed by atoms with Gasteiger partial charge in [-0.25, -0.2) is 0 Å². The first-order valence-corrected chi connectivity index (χ1v) is 6.58. The summed E-state index contributed by atoms with van der Waals surface area (Å²) in [5.74, 6) is 0.585. The lowest BCUT2D eigenvalue weighted by molar-refractivity contribution is 0.325. The highest BCUT2D eigenvalue weighted by Gasteiger charge is 2.07. The largest absolute Gasteiger partial charge is 0.490 e. The van der Waals surface area contributed by atoms with Crippen LogP contribution in [0.4, 0.5) is 5.69 Å². The Hall–Kier alpha value is -2.98. The van der Waals surface area contributed by atoms with Crippen molar-refractivity contribution in [1.82, 2.24) is 0 Å². The van der Waals surface area contributed by atoms with E-state index in [2.05, 4.69) is 12.1 Å². The first kappa shape index (κ1) is 14.4. The van der Waals surface area contributed by atoms with E-state index in [0.717, 1.165) is 5.69 Å². The summed E-state index contributed by atoms with van der Waals surface area (Å²) in [6, 6.07) is 18.9. The summed E-state index contributed by atoms with van der Waals surface area (Å²) in [5, 5.41) is 18.1. The number of para-hydroxylation sites is 2. The van der Waals surface area contributed by atoms with E-state index in [0.29, 0.717) is 30.0 Å². The van der Waals surface area contributed by atoms with Crippen LogP contribution in [0.5, 0.6) is 5.75 Å². The summed E-state index contributed by atoms with van der Waals surface area (Å²) >= 11 is 0. The lowest BCUT2D eigenvalue weighted by Gasteiger charge is -2.20. The molecule has 104 valence electrons. The molecule has 0 spiro atoms. The molecule has 2 rings (SSSR count). The van der Waals surface area contributed by atoms with E-state index in [1.54, 1.807) is 24.3 Å². The molecule has 2 aromatic carbocycles. The average molecular weight is 277 g/mol. The zero-order valence-corrected chi connectivity index (χ0v) is 11.8. The molecule has 0 aliphatic rings. The Morgan fingerprint density at radius 2 is 1.57 bits per heavy atom. The van der Waals surface area contributed by atoms with Crippen molar-refractivity contribution < 1.29 is 4.74 Å². The van der Waals surface area contributed by atoms with Gasteiger partial charge in [0.05, 0.1) is 23.4 Å². The number of ether oxygens (including phenoxy) is 1. The van der Waals surface area contributed by atoms with Gasteiger partial charge in [-0.1, -0.05) is 24.3 Å². The number of hydrogen-bond acceptors (Lipinski definition) is 4. The molecule has 0 aliphatic heterocycles. The monoisotopic (exact) mass is 277 g/mol. The van der Waals surface area contributed by atoms with E-state index in [4.69, 9.17) is 15.3 Å². The van der Waals surface area contributed by atoms with E-state index in [1.165, 1.54) is 0 Å². The molecule has 0 radical (unpaired) electrons. The van der Waals surface area contributed by atoms with Gasteiger partial charge >= 0.3 is 0 Å². The highest BCUT2D eigenvalue weighted by Crippen LogP contribution is 2.19. The highest BCUT2D eigenvalue weighted by atomic mass is 16.5. The number of anilines is 1. The smallest absolute Gasteiger partial charge is 0.137 e. The number of likely N-dealkylation sites (N-methyl/N-ethyl adjacent to an activating group) is 1. The molecule has 0 saturated heterocycles. The molecule has 0 atom stereocenters. The molecule has 0 N–H and O–H groups in total. The van der Waals surface area contributed by atoms with Crippen molar-refractivity contribution in [3.8, 4) is 17.9 Å². The number of nitriles is 2. The Morgan fingerprint density at radius 3 is 2.29 bits per heavy atom. The summed E-state index contributed by atoms with van der Waals surface area (Å²) in [7, 11) is 1.91. The van der Waals surface area contributed by atoms with Gasteiger partial charge in [0, 0.05) is 7.05 Å². The molecule has 0 saturated carbocycles. The van der Waals surface area contributed by atoms with Gasteiger partial charge in [-0.2, -0.15) is 10.5 Å². The van der Waals surface area contributed by atoms with Crippen molar-refractivity contribution in [2.45, 2.75) is 0 Å². The lowest BCUT2D eigenvalue weighted by atomic mass is 10.2. The Balaban J connectivity index is 1.98. The molecule has 0 aromatic heterocycles. The number of rotatable bonds is 5. The zero-order chi connectivity index (χ0) is 15.1. The fourth-order valence-electron chi connectivity index (χ4n) is 2.00. The van der Waals surface area contributed by atoms with E-state index >= 15 is 0 Å². The van der Waals surface area contributed by atoms with Gasteiger partial charge in [-0.3, -0.25) is 0 Å². The molecule has 4 heteroatoms. The summed E-state index contributed by atoms with van der Waals surface area (Å²) in [6.07, 6.45) is 0. The number of benzene rings is 2. The molecule has 0 amide bonds. The van der Waals surface area contributed by atoms with Gasteiger partial charge in [0.1, 0.15) is 24.5 Å². The first-order chi connectivity index (χ1) is 10.3. The molecular weight excluding hydrogens is 262 g/mol. The van der Waals surface area contributed by atoms with Gasteiger partial charge in [-0.15, -0.1) is 0 Å². The van der Waals surface area contributed by atoms with Crippen molar-refractivity contribution >= 4 is 5.69 Å². The molecular formula is C17H15N3O. The van der Waals surface area contributed by atoms with Crippen LogP contribution in [0.25, 0.3) is 0 Å². The second kappa shape index (κ2) is 6.98. The molecule has 4 nitrogen and oxygen atoms in total. The van der Waals surface area contributed by atoms with Crippen molar-refractivity contribution in [2.24, 2.45) is 0 Å². The molecule has 21 heavy (non-hydrogen) atoms. The molecule has 0 heterocycles. The van der Waals surface area contributed by atoms with E-state index < -0.39 is 0 Å². The Morgan fingerprint density at radius 1 is 0.952 bits per heavy atom. The van der Waals surface area contributed by atoms with Crippen LogP contribution in [0, 0.1) is 22.7 Å². The van der Waals surface area contributed by atoms with Crippen LogP contribution in [0.1, 0.15) is 11.1 Å². The Kier molecular flexibility index (Phi) is 4.79. The van der Waals surface area contributed by atoms with E-state index in [9.17, 15) is 0 Å². The van der Waals surface area contributed by atoms with E-state index in [-0.39, 0.29) is 0 Å². The topological polar surface area (TPSA) is 60.0 Å². The minimum absolute atomic E-state index is 0.439. The Bertz CT molecular complexity index is 698. The maximum absolute atomic E-state index is 9.10. The third-order valence-corrected chi connectivity index (χ3v) is 3.13. The van der Waals surface area contributed by atoms with Gasteiger partial charge in [-0.05, 0) is 24.3 Å². The predicted octanol–water partition coefficient (Wildman–Crippen LogP) is 2.95. The molecule has 0 aliphatic carbocycles. The van der Waals surface area contributed by atoms with Crippen molar-refractivity contribution in [3.63, 3.8) is 0 Å². The first-order valence-electron chi connectivity index (χ1n) is 6.58. The SMILES string of the molecule is CN(CCOc1ccccc1C#N)c1ccccc1C#N. The summed E-state index contributed by atoms with van der Waals surface area (Å²) < 4.78 is 5.65. The maximum Gasteiger partial charge on any atom is 0.137 e. The molecule has 0 bridgehead atoms. The minimum Gasteiger partial charge on any atom is -0.490 e. The summed E-state index contributed by atoms with van der Waals surface area (Å²) in [4.78, 5) is 1.97. The van der Waals surface area contributed by atoms with Gasteiger partial charge in [0.2, 0.25) is 0 Å². The normalized spacial score (nSPS) is 9.48. The summed E-state index contributed by atoms with van der Waals surface area (Å²) in [6.45, 7) is 1.06. The minimum atomic E-state index is 0.439. The van der Waals surface area contributed by atoms with Gasteiger partial charge < -0.3 is 9.64 Å². The van der Waals surface area contributed by atoms with Crippen molar-refractivity contribution in [1.29, 1.82) is 10.5 Å². The maximum atomic E-state index is 9.10. The fourth-order valence-corrected chi connectivity index (χ4v) is 2.00. The van der Waals surface area contributed by atoms with Gasteiger partial charge in [0.15, 0.2) is 0 Å². The highest BCUT2D eigenvalue weighted by molar-refractivity contribution is 5.58. The number of nitrogens with zero attached hydrogens (tertiary/aromatic N) is 3. The second-order valence-electron chi connectivity index (χ2n) is 4.51. The van der Waals surface area contributed by atoms with Crippen LogP contribution in [0.2, 0.25) is 0 Å². The van der Waals surface area contributed by atoms with Crippen LogP contribution in [0.15, 0.2) is 48.5 Å². The summed E-state index contributed by atoms with van der Waals surface area (Å²) in [5.41, 5.74) is 2.03. The molecule has 0 unspecified atom stereocenters. The zero-order valence-electron chi connectivity index (χ0n) is 11.8. The van der Waals surface area contributed by atoms with Crippen LogP contribution in [-0.2, 0) is 0 Å². The fraction of sp³-hybridized carbons (Fsp3) is 0.176. The lowest BCUT2D eigenvalue weighted by Crippen LogP contribution is -2.24. The third-order valence-electron chi connectivity index (χ3n) is 3.13. The van der Waals surface area contributed by atoms with Crippen molar-refractivity contribution in [2.75, 3.05) is 25.1 Å². The van der Waals surface area contributed by atoms with Gasteiger partial charge in [0.25, 0.3) is 0 Å². The third kappa shape index (κ3) is 3.52.